The molecule has 1 aromatic heterocycles. The zero-order chi connectivity index (χ0) is 22.5. The van der Waals surface area contributed by atoms with Crippen LogP contribution >= 0.6 is 11.8 Å². The van der Waals surface area contributed by atoms with Gasteiger partial charge in [0.2, 0.25) is 5.91 Å². The van der Waals surface area contributed by atoms with Crippen LogP contribution in [-0.2, 0) is 14.3 Å². The molecule has 3 heterocycles. The average Bonchev–Trinajstić information content (AvgIpc) is 3.44. The van der Waals surface area contributed by atoms with E-state index in [0.29, 0.717) is 31.3 Å². The molecule has 0 bridgehead atoms. The van der Waals surface area contributed by atoms with Gasteiger partial charge in [-0.2, -0.15) is 0 Å². The molecule has 0 aliphatic carbocycles. The first-order valence-corrected chi connectivity index (χ1v) is 11.1. The number of carbonyl (C=O) groups excluding carboxylic acids is 3. The third-order valence-corrected chi connectivity index (χ3v) is 6.27. The smallest absolute Gasteiger partial charge is 0.414 e. The number of nitrogens with one attached hydrogen (secondary N) is 1. The first-order valence-electron chi connectivity index (χ1n) is 10.2. The van der Waals surface area contributed by atoms with E-state index in [9.17, 15) is 14.4 Å². The summed E-state index contributed by atoms with van der Waals surface area (Å²) in [6, 6.07) is 9.42. The number of rotatable bonds is 8. The summed E-state index contributed by atoms with van der Waals surface area (Å²) in [5, 5.41) is 2.87. The van der Waals surface area contributed by atoms with E-state index in [1.54, 1.807) is 23.4 Å². The molecule has 166 valence electrons. The zero-order valence-electron chi connectivity index (χ0n) is 17.5. The topological polar surface area (TPSA) is 105 Å². The summed E-state index contributed by atoms with van der Waals surface area (Å²) in [5.41, 5.74) is 2.89. The van der Waals surface area contributed by atoms with Gasteiger partial charge in [0.25, 0.3) is 0 Å². The molecule has 2 atom stereocenters. The fourth-order valence-electron chi connectivity index (χ4n) is 3.57. The van der Waals surface area contributed by atoms with Gasteiger partial charge in [-0.05, 0) is 29.3 Å². The summed E-state index contributed by atoms with van der Waals surface area (Å²) in [4.78, 5) is 46.9. The molecular weight excluding hydrogens is 430 g/mol. The lowest BCUT2D eigenvalue weighted by atomic mass is 10.1. The second kappa shape index (κ2) is 9.92. The van der Waals surface area contributed by atoms with Crippen LogP contribution in [0, 0.1) is 0 Å². The molecule has 4 rings (SSSR count). The van der Waals surface area contributed by atoms with Crippen molar-refractivity contribution >= 4 is 41.3 Å². The normalized spacial score (nSPS) is 19.4. The maximum atomic E-state index is 12.2. The number of hydrogen-bond donors (Lipinski definition) is 1. The molecule has 1 unspecified atom stereocenters. The van der Waals surface area contributed by atoms with Crippen LogP contribution in [0.3, 0.4) is 0 Å². The van der Waals surface area contributed by atoms with Gasteiger partial charge in [0.15, 0.2) is 5.16 Å². The minimum absolute atomic E-state index is 0.158. The Morgan fingerprint density at radius 2 is 2.06 bits per heavy atom. The predicted octanol–water partition coefficient (Wildman–Crippen LogP) is 1.95. The number of hydrogen-bond acceptors (Lipinski definition) is 8. The van der Waals surface area contributed by atoms with Crippen molar-refractivity contribution in [3.8, 4) is 0 Å². The molecule has 9 nitrogen and oxygen atoms in total. The van der Waals surface area contributed by atoms with Crippen molar-refractivity contribution in [3.05, 3.63) is 54.4 Å². The highest BCUT2D eigenvalue weighted by Gasteiger charge is 2.32. The molecular formula is C22H23N5O4S. The van der Waals surface area contributed by atoms with Crippen LogP contribution in [0.15, 0.2) is 54.0 Å². The Morgan fingerprint density at radius 1 is 1.31 bits per heavy atom. The highest BCUT2D eigenvalue weighted by Crippen LogP contribution is 2.29. The minimum atomic E-state index is -0.423. The standard InChI is InChI=1S/C22H23N5O4S/c1-15(29)25-11-19-13-27(22(30)31-19)18-5-3-16(4-6-18)17-7-10-26(12-17)20(14-28)32-21-23-8-2-9-24-21/h2-9,14,19-20H,10-13H2,1H3,(H,25,29)/t19-,20?/m0/s1. The van der Waals surface area contributed by atoms with Gasteiger partial charge in [-0.3, -0.25) is 14.6 Å². The molecule has 2 amide bonds. The van der Waals surface area contributed by atoms with Crippen molar-refractivity contribution in [3.63, 3.8) is 0 Å². The molecule has 0 saturated carbocycles. The first kappa shape index (κ1) is 22.0. The third-order valence-electron chi connectivity index (χ3n) is 5.19. The number of ether oxygens (including phenoxy) is 1. The first-order chi connectivity index (χ1) is 15.5. The number of amides is 2. The lowest BCUT2D eigenvalue weighted by Gasteiger charge is -2.22. The predicted molar refractivity (Wildman–Crippen MR) is 120 cm³/mol. The Hall–Kier alpha value is -3.24. The summed E-state index contributed by atoms with van der Waals surface area (Å²) < 4.78 is 5.32. The lowest BCUT2D eigenvalue weighted by molar-refractivity contribution is -0.119. The van der Waals surface area contributed by atoms with Gasteiger partial charge < -0.3 is 14.8 Å². The molecule has 2 aliphatic rings. The summed E-state index contributed by atoms with van der Waals surface area (Å²) >= 11 is 1.33. The van der Waals surface area contributed by atoms with Gasteiger partial charge in [0, 0.05) is 38.1 Å². The summed E-state index contributed by atoms with van der Waals surface area (Å²) in [6.45, 7) is 3.39. The molecule has 2 aliphatic heterocycles. The van der Waals surface area contributed by atoms with Crippen molar-refractivity contribution in [2.24, 2.45) is 0 Å². The number of anilines is 1. The molecule has 1 aromatic carbocycles. The van der Waals surface area contributed by atoms with Crippen LogP contribution < -0.4 is 10.2 Å². The van der Waals surface area contributed by atoms with Gasteiger partial charge in [-0.25, -0.2) is 14.8 Å². The van der Waals surface area contributed by atoms with E-state index in [1.807, 2.05) is 24.3 Å². The van der Waals surface area contributed by atoms with Gasteiger partial charge in [-0.15, -0.1) is 0 Å². The fraction of sp³-hybridized carbons (Fsp3) is 0.318. The quantitative estimate of drug-likeness (QED) is 0.367. The SMILES string of the molecule is CC(=O)NC[C@H]1CN(c2ccc(C3=CCN(C(C=O)Sc4ncccn4)C3)cc2)C(=O)O1. The Morgan fingerprint density at radius 3 is 2.75 bits per heavy atom. The van der Waals surface area contributed by atoms with Crippen LogP contribution in [0.2, 0.25) is 0 Å². The number of benzene rings is 1. The summed E-state index contributed by atoms with van der Waals surface area (Å²) in [5.74, 6) is -0.158. The van der Waals surface area contributed by atoms with E-state index in [4.69, 9.17) is 4.74 Å². The van der Waals surface area contributed by atoms with Crippen molar-refractivity contribution < 1.29 is 19.1 Å². The van der Waals surface area contributed by atoms with E-state index in [0.717, 1.165) is 23.1 Å². The Labute approximate surface area is 189 Å². The molecule has 2 aromatic rings. The number of aldehydes is 1. The zero-order valence-corrected chi connectivity index (χ0v) is 18.3. The molecule has 1 N–H and O–H groups in total. The van der Waals surface area contributed by atoms with E-state index in [-0.39, 0.29) is 17.4 Å². The second-order valence-electron chi connectivity index (χ2n) is 7.44. The van der Waals surface area contributed by atoms with E-state index in [2.05, 4.69) is 26.3 Å². The van der Waals surface area contributed by atoms with E-state index < -0.39 is 6.09 Å². The number of cyclic esters (lactones) is 1. The lowest BCUT2D eigenvalue weighted by Crippen LogP contribution is -2.33. The van der Waals surface area contributed by atoms with Crippen LogP contribution in [0.25, 0.3) is 5.57 Å². The van der Waals surface area contributed by atoms with Gasteiger partial charge in [0.05, 0.1) is 13.1 Å². The van der Waals surface area contributed by atoms with E-state index in [1.165, 1.54) is 18.7 Å². The van der Waals surface area contributed by atoms with Gasteiger partial charge >= 0.3 is 6.09 Å². The summed E-state index contributed by atoms with van der Waals surface area (Å²) in [6.07, 6.45) is 5.54. The van der Waals surface area contributed by atoms with Crippen molar-refractivity contribution in [1.29, 1.82) is 0 Å². The van der Waals surface area contributed by atoms with Crippen molar-refractivity contribution in [2.75, 3.05) is 31.1 Å². The number of carbonyl (C=O) groups is 3. The van der Waals surface area contributed by atoms with Crippen LogP contribution in [0.1, 0.15) is 12.5 Å². The Balaban J connectivity index is 1.36. The van der Waals surface area contributed by atoms with E-state index >= 15 is 0 Å². The molecule has 32 heavy (non-hydrogen) atoms. The highest BCUT2D eigenvalue weighted by atomic mass is 32.2. The maximum Gasteiger partial charge on any atom is 0.414 e. The molecule has 0 spiro atoms. The molecule has 1 saturated heterocycles. The maximum absolute atomic E-state index is 12.2. The van der Waals surface area contributed by atoms with Crippen molar-refractivity contribution in [2.45, 2.75) is 23.6 Å². The third kappa shape index (κ3) is 5.14. The fourth-order valence-corrected chi connectivity index (χ4v) is 4.40. The van der Waals surface area contributed by atoms with Gasteiger partial charge in [0.1, 0.15) is 17.8 Å². The largest absolute Gasteiger partial charge is 0.442 e. The molecule has 0 radical (unpaired) electrons. The molecule has 1 fully saturated rings. The average molecular weight is 454 g/mol. The highest BCUT2D eigenvalue weighted by molar-refractivity contribution is 8.00. The summed E-state index contributed by atoms with van der Waals surface area (Å²) in [7, 11) is 0. The van der Waals surface area contributed by atoms with Crippen molar-refractivity contribution in [1.82, 2.24) is 20.2 Å². The number of thioether (sulfide) groups is 1. The monoisotopic (exact) mass is 453 g/mol. The second-order valence-corrected chi connectivity index (χ2v) is 8.52. The molecule has 10 heteroatoms. The minimum Gasteiger partial charge on any atom is -0.442 e. The van der Waals surface area contributed by atoms with Gasteiger partial charge in [-0.1, -0.05) is 30.0 Å². The van der Waals surface area contributed by atoms with Crippen LogP contribution in [0.4, 0.5) is 10.5 Å². The number of nitrogens with zero attached hydrogens (tertiary/aromatic N) is 4. The van der Waals surface area contributed by atoms with Crippen LogP contribution in [0.5, 0.6) is 0 Å². The Kier molecular flexibility index (Phi) is 6.81. The number of aromatic nitrogens is 2. The van der Waals surface area contributed by atoms with Crippen LogP contribution in [-0.4, -0.2) is 70.8 Å². The Bertz CT molecular complexity index is 1010.